The SMILES string of the molecule is CCOc1ccccc1CNC(=O)c1nc(N2CCSCC2)c2cn(C)nc2n1. The third-order valence-corrected chi connectivity index (χ3v) is 5.64. The molecule has 1 saturated heterocycles. The summed E-state index contributed by atoms with van der Waals surface area (Å²) in [5, 5.41) is 8.19. The van der Waals surface area contributed by atoms with Crippen molar-refractivity contribution in [2.45, 2.75) is 13.5 Å². The van der Waals surface area contributed by atoms with E-state index in [1.54, 1.807) is 4.68 Å². The number of fused-ring (bicyclic) bond motifs is 1. The zero-order valence-electron chi connectivity index (χ0n) is 16.6. The van der Waals surface area contributed by atoms with Crippen LogP contribution in [0.2, 0.25) is 0 Å². The summed E-state index contributed by atoms with van der Waals surface area (Å²) < 4.78 is 7.34. The second-order valence-corrected chi connectivity index (χ2v) is 7.96. The van der Waals surface area contributed by atoms with Crippen LogP contribution in [-0.2, 0) is 13.6 Å². The van der Waals surface area contributed by atoms with Crippen LogP contribution in [0.5, 0.6) is 5.75 Å². The number of nitrogens with zero attached hydrogens (tertiary/aromatic N) is 5. The zero-order chi connectivity index (χ0) is 20.2. The van der Waals surface area contributed by atoms with Crippen LogP contribution < -0.4 is 15.0 Å². The first-order valence-corrected chi connectivity index (χ1v) is 10.8. The Morgan fingerprint density at radius 2 is 2.03 bits per heavy atom. The maximum absolute atomic E-state index is 12.8. The average molecular weight is 413 g/mol. The predicted molar refractivity (Wildman–Crippen MR) is 115 cm³/mol. The first kappa shape index (κ1) is 19.5. The van der Waals surface area contributed by atoms with Gasteiger partial charge in [-0.25, -0.2) is 9.97 Å². The topological polar surface area (TPSA) is 85.2 Å². The summed E-state index contributed by atoms with van der Waals surface area (Å²) in [7, 11) is 1.85. The Morgan fingerprint density at radius 1 is 1.24 bits per heavy atom. The van der Waals surface area contributed by atoms with Gasteiger partial charge in [0.15, 0.2) is 5.65 Å². The number of para-hydroxylation sites is 1. The van der Waals surface area contributed by atoms with Crippen LogP contribution in [0.25, 0.3) is 11.0 Å². The van der Waals surface area contributed by atoms with Gasteiger partial charge in [-0.2, -0.15) is 16.9 Å². The van der Waals surface area contributed by atoms with Crippen LogP contribution in [0.1, 0.15) is 23.1 Å². The Kier molecular flexibility index (Phi) is 5.84. The molecule has 0 unspecified atom stereocenters. The number of hydrogen-bond donors (Lipinski definition) is 1. The second-order valence-electron chi connectivity index (χ2n) is 6.73. The number of aromatic nitrogens is 4. The predicted octanol–water partition coefficient (Wildman–Crippen LogP) is 2.25. The lowest BCUT2D eigenvalue weighted by Crippen LogP contribution is -2.34. The molecule has 0 aliphatic carbocycles. The molecule has 0 atom stereocenters. The first-order valence-electron chi connectivity index (χ1n) is 9.68. The fourth-order valence-electron chi connectivity index (χ4n) is 3.32. The van der Waals surface area contributed by atoms with Crippen LogP contribution in [0, 0.1) is 0 Å². The number of aryl methyl sites for hydroxylation is 1. The van der Waals surface area contributed by atoms with Crippen LogP contribution in [0.4, 0.5) is 5.82 Å². The summed E-state index contributed by atoms with van der Waals surface area (Å²) in [6.07, 6.45) is 1.91. The molecule has 0 saturated carbocycles. The van der Waals surface area contributed by atoms with E-state index >= 15 is 0 Å². The van der Waals surface area contributed by atoms with Crippen molar-refractivity contribution in [2.24, 2.45) is 7.05 Å². The molecule has 1 aliphatic heterocycles. The summed E-state index contributed by atoms with van der Waals surface area (Å²) in [5.74, 6) is 3.45. The summed E-state index contributed by atoms with van der Waals surface area (Å²) in [4.78, 5) is 24.1. The molecule has 8 nitrogen and oxygen atoms in total. The van der Waals surface area contributed by atoms with E-state index in [0.29, 0.717) is 18.8 Å². The number of anilines is 1. The van der Waals surface area contributed by atoms with Gasteiger partial charge in [-0.15, -0.1) is 0 Å². The number of thioether (sulfide) groups is 1. The number of amides is 1. The van der Waals surface area contributed by atoms with Crippen molar-refractivity contribution in [1.82, 2.24) is 25.1 Å². The Bertz CT molecular complexity index is 1020. The third-order valence-electron chi connectivity index (χ3n) is 4.70. The summed E-state index contributed by atoms with van der Waals surface area (Å²) >= 11 is 1.93. The van der Waals surface area contributed by atoms with Gasteiger partial charge in [-0.05, 0) is 13.0 Å². The Hall–Kier alpha value is -2.81. The standard InChI is InChI=1S/C20H24N6O2S/c1-3-28-16-7-5-4-6-14(16)12-21-20(27)18-22-17-15(13-25(2)24-17)19(23-18)26-8-10-29-11-9-26/h4-7,13H,3,8-12H2,1-2H3,(H,21,27). The highest BCUT2D eigenvalue weighted by Crippen LogP contribution is 2.25. The van der Waals surface area contributed by atoms with Gasteiger partial charge in [-0.3, -0.25) is 9.48 Å². The quantitative estimate of drug-likeness (QED) is 0.665. The van der Waals surface area contributed by atoms with E-state index in [-0.39, 0.29) is 11.7 Å². The molecule has 29 heavy (non-hydrogen) atoms. The van der Waals surface area contributed by atoms with Crippen LogP contribution >= 0.6 is 11.8 Å². The molecule has 4 rings (SSSR count). The average Bonchev–Trinajstić information content (AvgIpc) is 3.13. The van der Waals surface area contributed by atoms with Crippen LogP contribution in [0.15, 0.2) is 30.5 Å². The van der Waals surface area contributed by atoms with Crippen molar-refractivity contribution >= 4 is 34.5 Å². The molecule has 9 heteroatoms. The zero-order valence-corrected chi connectivity index (χ0v) is 17.4. The van der Waals surface area contributed by atoms with Crippen molar-refractivity contribution in [1.29, 1.82) is 0 Å². The van der Waals surface area contributed by atoms with E-state index in [1.165, 1.54) is 0 Å². The Labute approximate surface area is 173 Å². The first-order chi connectivity index (χ1) is 14.2. The van der Waals surface area contributed by atoms with E-state index in [2.05, 4.69) is 25.3 Å². The van der Waals surface area contributed by atoms with Crippen molar-refractivity contribution in [3.05, 3.63) is 41.9 Å². The minimum atomic E-state index is -0.323. The highest BCUT2D eigenvalue weighted by molar-refractivity contribution is 7.99. The lowest BCUT2D eigenvalue weighted by atomic mass is 10.2. The number of carbonyl (C=O) groups excluding carboxylic acids is 1. The Balaban J connectivity index is 1.59. The fraction of sp³-hybridized carbons (Fsp3) is 0.400. The lowest BCUT2D eigenvalue weighted by Gasteiger charge is -2.27. The van der Waals surface area contributed by atoms with E-state index in [1.807, 2.05) is 56.2 Å². The van der Waals surface area contributed by atoms with Gasteiger partial charge in [-0.1, -0.05) is 18.2 Å². The third kappa shape index (κ3) is 4.29. The summed E-state index contributed by atoms with van der Waals surface area (Å²) in [6.45, 7) is 4.64. The number of nitrogens with one attached hydrogen (secondary N) is 1. The summed E-state index contributed by atoms with van der Waals surface area (Å²) in [6, 6.07) is 7.67. The number of carbonyl (C=O) groups is 1. The van der Waals surface area contributed by atoms with Gasteiger partial charge < -0.3 is 15.0 Å². The van der Waals surface area contributed by atoms with Gasteiger partial charge in [0.05, 0.1) is 12.0 Å². The van der Waals surface area contributed by atoms with Gasteiger partial charge in [0, 0.05) is 49.9 Å². The summed E-state index contributed by atoms with van der Waals surface area (Å²) in [5.41, 5.74) is 1.45. The molecular formula is C20H24N6O2S. The van der Waals surface area contributed by atoms with E-state index in [0.717, 1.165) is 47.1 Å². The van der Waals surface area contributed by atoms with Gasteiger partial charge in [0.1, 0.15) is 11.6 Å². The molecule has 152 valence electrons. The molecule has 1 aliphatic rings. The van der Waals surface area contributed by atoms with Crippen molar-refractivity contribution in [2.75, 3.05) is 36.1 Å². The smallest absolute Gasteiger partial charge is 0.289 e. The van der Waals surface area contributed by atoms with Gasteiger partial charge in [0.2, 0.25) is 5.82 Å². The number of benzene rings is 1. The molecule has 1 fully saturated rings. The van der Waals surface area contributed by atoms with Gasteiger partial charge >= 0.3 is 0 Å². The normalized spacial score (nSPS) is 14.2. The van der Waals surface area contributed by atoms with Crippen LogP contribution in [-0.4, -0.2) is 56.9 Å². The van der Waals surface area contributed by atoms with Gasteiger partial charge in [0.25, 0.3) is 5.91 Å². The molecule has 3 heterocycles. The van der Waals surface area contributed by atoms with Crippen LogP contribution in [0.3, 0.4) is 0 Å². The molecule has 2 aromatic heterocycles. The molecule has 3 aromatic rings. The molecule has 0 radical (unpaired) electrons. The highest BCUT2D eigenvalue weighted by atomic mass is 32.2. The fourth-order valence-corrected chi connectivity index (χ4v) is 4.22. The minimum Gasteiger partial charge on any atom is -0.494 e. The number of rotatable bonds is 6. The highest BCUT2D eigenvalue weighted by Gasteiger charge is 2.21. The van der Waals surface area contributed by atoms with E-state index < -0.39 is 0 Å². The van der Waals surface area contributed by atoms with Crippen molar-refractivity contribution in [3.8, 4) is 5.75 Å². The van der Waals surface area contributed by atoms with E-state index in [4.69, 9.17) is 4.74 Å². The largest absolute Gasteiger partial charge is 0.494 e. The van der Waals surface area contributed by atoms with E-state index in [9.17, 15) is 4.79 Å². The maximum atomic E-state index is 12.8. The molecular weight excluding hydrogens is 388 g/mol. The molecule has 1 aromatic carbocycles. The molecule has 0 bridgehead atoms. The number of ether oxygens (including phenoxy) is 1. The molecule has 1 amide bonds. The second kappa shape index (κ2) is 8.69. The monoisotopic (exact) mass is 412 g/mol. The Morgan fingerprint density at radius 3 is 2.83 bits per heavy atom. The molecule has 1 N–H and O–H groups in total. The van der Waals surface area contributed by atoms with Crippen molar-refractivity contribution in [3.63, 3.8) is 0 Å². The van der Waals surface area contributed by atoms with Crippen molar-refractivity contribution < 1.29 is 9.53 Å². The lowest BCUT2D eigenvalue weighted by molar-refractivity contribution is 0.0940. The maximum Gasteiger partial charge on any atom is 0.289 e. The molecule has 0 spiro atoms. The number of hydrogen-bond acceptors (Lipinski definition) is 7. The minimum absolute atomic E-state index is 0.137.